The van der Waals surface area contributed by atoms with Crippen LogP contribution in [0, 0.1) is 0 Å². The highest BCUT2D eigenvalue weighted by Gasteiger charge is 2.37. The maximum absolute atomic E-state index is 14.1. The smallest absolute Gasteiger partial charge is 0.246 e. The number of para-hydroxylation sites is 2. The lowest BCUT2D eigenvalue weighted by molar-refractivity contribution is -0.401. The van der Waals surface area contributed by atoms with Crippen LogP contribution in [0.5, 0.6) is 23.0 Å². The highest BCUT2D eigenvalue weighted by atomic mass is 32.1. The summed E-state index contributed by atoms with van der Waals surface area (Å²) in [7, 11) is 8.55. The van der Waals surface area contributed by atoms with Crippen molar-refractivity contribution < 1.29 is 42.5 Å². The van der Waals surface area contributed by atoms with Gasteiger partial charge in [-0.1, -0.05) is 36.4 Å². The van der Waals surface area contributed by atoms with Crippen LogP contribution < -0.4 is 33.6 Å². The van der Waals surface area contributed by atoms with Crippen LogP contribution in [0.1, 0.15) is 43.0 Å². The molecule has 0 unspecified atom stereocenters. The highest BCUT2D eigenvalue weighted by Crippen LogP contribution is 2.43. The molecule has 304 valence electrons. The number of methoxy groups -OCH3 is 2. The van der Waals surface area contributed by atoms with Gasteiger partial charge in [-0.2, -0.15) is 12.6 Å². The Balaban J connectivity index is 0.998. The fourth-order valence-corrected chi connectivity index (χ4v) is 8.75. The van der Waals surface area contributed by atoms with Crippen LogP contribution in [-0.2, 0) is 30.8 Å². The van der Waals surface area contributed by atoms with E-state index in [0.717, 1.165) is 33.6 Å². The summed E-state index contributed by atoms with van der Waals surface area (Å²) in [4.78, 5) is 46.2. The molecular formula is C47H43N5O7S. The van der Waals surface area contributed by atoms with Crippen LogP contribution in [-0.4, -0.2) is 92.5 Å². The average molecular weight is 822 g/mol. The number of nitrogens with zero attached hydrogens (tertiary/aromatic N) is 5. The van der Waals surface area contributed by atoms with Crippen molar-refractivity contribution in [2.24, 2.45) is 0 Å². The van der Waals surface area contributed by atoms with E-state index < -0.39 is 0 Å². The van der Waals surface area contributed by atoms with Crippen LogP contribution >= 0.6 is 12.6 Å². The van der Waals surface area contributed by atoms with E-state index in [0.29, 0.717) is 64.0 Å². The summed E-state index contributed by atoms with van der Waals surface area (Å²) in [6, 6.07) is 28.1. The van der Waals surface area contributed by atoms with Gasteiger partial charge in [-0.05, 0) is 89.7 Å². The molecule has 12 nitrogen and oxygen atoms in total. The number of amides is 3. The van der Waals surface area contributed by atoms with Crippen molar-refractivity contribution >= 4 is 71.2 Å². The molecule has 4 aliphatic rings. The average Bonchev–Trinajstić information content (AvgIpc) is 3.77. The molecule has 0 spiro atoms. The van der Waals surface area contributed by atoms with Gasteiger partial charge in [-0.15, -0.1) is 0 Å². The zero-order valence-corrected chi connectivity index (χ0v) is 34.8. The zero-order chi connectivity index (χ0) is 41.8. The number of benzene rings is 5. The molecule has 0 radical (unpaired) electrons. The number of anilines is 3. The quantitative estimate of drug-likeness (QED) is 0.0994. The van der Waals surface area contributed by atoms with Gasteiger partial charge in [-0.25, -0.2) is 0 Å². The molecule has 5 aromatic carbocycles. The van der Waals surface area contributed by atoms with Gasteiger partial charge in [0.25, 0.3) is 0 Å². The van der Waals surface area contributed by atoms with Crippen molar-refractivity contribution in [3.8, 4) is 23.0 Å². The van der Waals surface area contributed by atoms with E-state index in [9.17, 15) is 14.4 Å². The van der Waals surface area contributed by atoms with Crippen LogP contribution in [0.3, 0.4) is 0 Å². The van der Waals surface area contributed by atoms with Gasteiger partial charge in [0, 0.05) is 59.7 Å². The normalized spacial score (nSPS) is 17.2. The molecule has 0 bridgehead atoms. The summed E-state index contributed by atoms with van der Waals surface area (Å²) in [5.41, 5.74) is 8.36. The molecular weight excluding hydrogens is 779 g/mol. The Labute approximate surface area is 353 Å². The van der Waals surface area contributed by atoms with E-state index in [2.05, 4.69) is 25.1 Å². The van der Waals surface area contributed by atoms with E-state index in [1.54, 1.807) is 48.1 Å². The molecule has 9 rings (SSSR count). The Hall–Kier alpha value is -6.60. The lowest BCUT2D eigenvalue weighted by atomic mass is 10.1. The Bertz CT molecular complexity index is 2510. The second-order valence-corrected chi connectivity index (χ2v) is 15.5. The molecule has 5 aromatic rings. The number of carbonyl (C=O) groups is 3. The van der Waals surface area contributed by atoms with Crippen molar-refractivity contribution in [1.29, 1.82) is 0 Å². The minimum atomic E-state index is -0.246. The number of hydrogen-bond acceptors (Lipinski definition) is 8. The van der Waals surface area contributed by atoms with Crippen molar-refractivity contribution in [3.05, 3.63) is 124 Å². The van der Waals surface area contributed by atoms with E-state index in [4.69, 9.17) is 18.9 Å². The van der Waals surface area contributed by atoms with Gasteiger partial charge < -0.3 is 42.8 Å². The van der Waals surface area contributed by atoms with Crippen molar-refractivity contribution in [2.75, 3.05) is 55.8 Å². The molecule has 0 fully saturated rings. The van der Waals surface area contributed by atoms with Crippen LogP contribution in [0.2, 0.25) is 0 Å². The second kappa shape index (κ2) is 15.5. The zero-order valence-electron chi connectivity index (χ0n) is 33.9. The number of rotatable bonds is 10. The topological polar surface area (TPSA) is 104 Å². The Morgan fingerprint density at radius 2 is 1.15 bits per heavy atom. The third-order valence-electron chi connectivity index (χ3n) is 11.5. The van der Waals surface area contributed by atoms with E-state index in [1.165, 1.54) is 0 Å². The minimum Gasteiger partial charge on any atom is -0.493 e. The van der Waals surface area contributed by atoms with E-state index >= 15 is 0 Å². The van der Waals surface area contributed by atoms with Crippen LogP contribution in [0.4, 0.5) is 28.4 Å². The fraction of sp³-hybridized carbons (Fsp3) is 0.255. The molecule has 4 heterocycles. The van der Waals surface area contributed by atoms with Crippen molar-refractivity contribution in [3.63, 3.8) is 0 Å². The standard InChI is InChI=1S/C47H43N5O7S/c1-48-23-33-17-30-10-6-8-12-37(30)51(33)46(54)35-19-41(56-4)43(21-39(35)48)58-25-28-14-29(16-32(15-28)50(3)45(53)27-60)26-59-44-22-40-36(20-42(44)57-5)47(55)52-34(24-49(40)2)18-31-11-7-9-13-38(31)52/h6-16,19-22,33-34,60H,17-18,25-27H2,1-5H3/t33-,34-/m0/s1. The second-order valence-electron chi connectivity index (χ2n) is 15.2. The molecule has 0 aromatic heterocycles. The summed E-state index contributed by atoms with van der Waals surface area (Å²) < 4.78 is 28.2. The molecule has 0 saturated heterocycles. The third-order valence-corrected chi connectivity index (χ3v) is 11.8. The lowest BCUT2D eigenvalue weighted by Crippen LogP contribution is -2.38. The summed E-state index contributed by atoms with van der Waals surface area (Å²) in [5, 5.41) is 0. The predicted octanol–water partition coefficient (Wildman–Crippen LogP) is 6.37. The number of fused-ring (bicyclic) bond motifs is 8. The first-order valence-electron chi connectivity index (χ1n) is 19.6. The lowest BCUT2D eigenvalue weighted by Gasteiger charge is -2.23. The minimum absolute atomic E-state index is 0.0238. The monoisotopic (exact) mass is 821 g/mol. The Morgan fingerprint density at radius 3 is 1.58 bits per heavy atom. The van der Waals surface area contributed by atoms with E-state index in [1.807, 2.05) is 102 Å². The molecule has 2 atom stereocenters. The summed E-state index contributed by atoms with van der Waals surface area (Å²) in [6.45, 7) is 0.210. The first-order valence-corrected chi connectivity index (χ1v) is 20.2. The molecule has 0 aliphatic carbocycles. The summed E-state index contributed by atoms with van der Waals surface area (Å²) in [6.07, 6.45) is 8.31. The molecule has 4 aliphatic heterocycles. The molecule has 3 amide bonds. The molecule has 0 saturated carbocycles. The number of thiol groups is 1. The number of hydrogen-bond donors (Lipinski definition) is 1. The molecule has 60 heavy (non-hydrogen) atoms. The van der Waals surface area contributed by atoms with Gasteiger partial charge in [0.15, 0.2) is 11.5 Å². The van der Waals surface area contributed by atoms with Gasteiger partial charge in [0.2, 0.25) is 17.7 Å². The number of ether oxygens (including phenoxy) is 4. The summed E-state index contributed by atoms with van der Waals surface area (Å²) >= 11 is 4.23. The molecule has 0 N–H and O–H groups in total. The van der Waals surface area contributed by atoms with Gasteiger partial charge in [-0.3, -0.25) is 14.4 Å². The van der Waals surface area contributed by atoms with E-state index in [-0.39, 0.29) is 48.8 Å². The van der Waals surface area contributed by atoms with Gasteiger partial charge in [0.1, 0.15) is 38.8 Å². The maximum Gasteiger partial charge on any atom is 0.246 e. The van der Waals surface area contributed by atoms with Crippen molar-refractivity contribution in [1.82, 2.24) is 0 Å². The first-order chi connectivity index (χ1) is 29.1. The first kappa shape index (κ1) is 38.9. The van der Waals surface area contributed by atoms with Gasteiger partial charge in [0.05, 0.1) is 31.3 Å². The highest BCUT2D eigenvalue weighted by molar-refractivity contribution is 7.81. The van der Waals surface area contributed by atoms with Crippen LogP contribution in [0.25, 0.3) is 0 Å². The molecule has 13 heteroatoms. The Kier molecular flexibility index (Phi) is 10.1. The van der Waals surface area contributed by atoms with Crippen molar-refractivity contribution in [2.45, 2.75) is 38.1 Å². The summed E-state index contributed by atoms with van der Waals surface area (Å²) in [5.74, 6) is 1.25. The largest absolute Gasteiger partial charge is 0.493 e. The number of carbonyl (C=O) groups excluding carboxylic acids is 3. The predicted molar refractivity (Wildman–Crippen MR) is 232 cm³/mol. The SMILES string of the molecule is COc1cc2c(cc1OCc1cc(COc3cc4c(cc3OC)C(=O)N3c5ccccc5C[C@H]3[C-]=[N+]4C)cc(N(C)C(=O)CS)c1)[N+](C)=[C-][C@@H]1Cc3ccccc3N1C2=O. The maximum atomic E-state index is 14.1. The third kappa shape index (κ3) is 6.72. The van der Waals surface area contributed by atoms with Crippen LogP contribution in [0.15, 0.2) is 91.0 Å². The Morgan fingerprint density at radius 1 is 0.700 bits per heavy atom. The fourth-order valence-electron chi connectivity index (χ4n) is 8.54. The van der Waals surface area contributed by atoms with Gasteiger partial charge >= 0.3 is 0 Å².